The molecule has 0 amide bonds. The maximum atomic E-state index is 13.5. The van der Waals surface area contributed by atoms with Gasteiger partial charge in [0.1, 0.15) is 17.0 Å². The minimum atomic E-state index is -4.58. The van der Waals surface area contributed by atoms with E-state index in [2.05, 4.69) is 25.5 Å². The van der Waals surface area contributed by atoms with Crippen LogP contribution in [0, 0.1) is 0 Å². The molecule has 9 heteroatoms. The largest absolute Gasteiger partial charge is 0.420 e. The van der Waals surface area contributed by atoms with Gasteiger partial charge in [-0.05, 0) is 31.7 Å². The Morgan fingerprint density at radius 1 is 1.15 bits per heavy atom. The Morgan fingerprint density at radius 3 is 2.74 bits per heavy atom. The third kappa shape index (κ3) is 3.59. The van der Waals surface area contributed by atoms with E-state index in [9.17, 15) is 13.2 Å². The van der Waals surface area contributed by atoms with Crippen molar-refractivity contribution in [3.63, 3.8) is 0 Å². The Hall–Kier alpha value is -2.68. The number of nitrogens with zero attached hydrogens (tertiary/aromatic N) is 3. The first kappa shape index (κ1) is 17.7. The Bertz CT molecular complexity index is 952. The minimum absolute atomic E-state index is 0.0502. The molecule has 1 aromatic carbocycles. The Labute approximate surface area is 153 Å². The second-order valence-electron chi connectivity index (χ2n) is 6.84. The van der Waals surface area contributed by atoms with Crippen LogP contribution in [-0.4, -0.2) is 32.2 Å². The molecule has 3 aromatic rings. The molecule has 1 aliphatic carbocycles. The van der Waals surface area contributed by atoms with Crippen molar-refractivity contribution in [2.45, 2.75) is 43.9 Å². The van der Waals surface area contributed by atoms with E-state index in [1.54, 1.807) is 24.3 Å². The normalized spacial score (nSPS) is 20.7. The average Bonchev–Trinajstić information content (AvgIpc) is 3.05. The summed E-state index contributed by atoms with van der Waals surface area (Å²) in [6.45, 7) is 0. The molecule has 4 N–H and O–H groups in total. The summed E-state index contributed by atoms with van der Waals surface area (Å²) in [6.07, 6.45) is -0.214. The molecule has 2 atom stereocenters. The van der Waals surface area contributed by atoms with Gasteiger partial charge in [-0.25, -0.2) is 9.97 Å². The molecule has 2 heterocycles. The molecular formula is C18H19F3N6. The number of aromatic nitrogens is 4. The fourth-order valence-electron chi connectivity index (χ4n) is 3.52. The van der Waals surface area contributed by atoms with E-state index in [4.69, 9.17) is 5.73 Å². The molecular weight excluding hydrogens is 357 g/mol. The van der Waals surface area contributed by atoms with Crippen LogP contribution in [0.15, 0.2) is 30.5 Å². The highest BCUT2D eigenvalue weighted by Gasteiger charge is 2.36. The molecule has 27 heavy (non-hydrogen) atoms. The smallest absolute Gasteiger partial charge is 0.351 e. The van der Waals surface area contributed by atoms with E-state index in [1.807, 2.05) is 0 Å². The van der Waals surface area contributed by atoms with E-state index in [1.165, 1.54) is 0 Å². The van der Waals surface area contributed by atoms with Gasteiger partial charge in [0.05, 0.1) is 5.52 Å². The summed E-state index contributed by atoms with van der Waals surface area (Å²) < 4.78 is 40.6. The van der Waals surface area contributed by atoms with Crippen molar-refractivity contribution in [2.24, 2.45) is 5.73 Å². The second kappa shape index (κ2) is 6.80. The number of para-hydroxylation sites is 1. The quantitative estimate of drug-likeness (QED) is 0.648. The Morgan fingerprint density at radius 2 is 1.96 bits per heavy atom. The second-order valence-corrected chi connectivity index (χ2v) is 6.84. The lowest BCUT2D eigenvalue weighted by Crippen LogP contribution is -2.35. The number of nitrogens with two attached hydrogens (primary N) is 1. The van der Waals surface area contributed by atoms with Crippen LogP contribution in [-0.2, 0) is 6.18 Å². The lowest BCUT2D eigenvalue weighted by molar-refractivity contribution is -0.137. The van der Waals surface area contributed by atoms with Crippen molar-refractivity contribution >= 4 is 16.9 Å². The first-order valence-corrected chi connectivity index (χ1v) is 8.81. The van der Waals surface area contributed by atoms with Gasteiger partial charge in [-0.15, -0.1) is 0 Å². The topological polar surface area (TPSA) is 92.5 Å². The van der Waals surface area contributed by atoms with Crippen LogP contribution >= 0.6 is 0 Å². The third-order valence-electron chi connectivity index (χ3n) is 4.84. The van der Waals surface area contributed by atoms with E-state index in [0.29, 0.717) is 10.9 Å². The van der Waals surface area contributed by atoms with Crippen molar-refractivity contribution < 1.29 is 13.2 Å². The highest BCUT2D eigenvalue weighted by molar-refractivity contribution is 5.92. The molecule has 2 unspecified atom stereocenters. The van der Waals surface area contributed by atoms with Gasteiger partial charge in [-0.1, -0.05) is 18.2 Å². The van der Waals surface area contributed by atoms with Gasteiger partial charge >= 0.3 is 6.18 Å². The molecule has 6 nitrogen and oxygen atoms in total. The number of aromatic amines is 1. The number of H-pyrrole nitrogens is 1. The lowest BCUT2D eigenvalue weighted by atomic mass is 9.92. The predicted molar refractivity (Wildman–Crippen MR) is 96.0 cm³/mol. The minimum Gasteiger partial charge on any atom is -0.351 e. The summed E-state index contributed by atoms with van der Waals surface area (Å²) in [5.74, 6) is 0.157. The third-order valence-corrected chi connectivity index (χ3v) is 4.84. The first-order valence-electron chi connectivity index (χ1n) is 8.81. The van der Waals surface area contributed by atoms with Crippen LogP contribution in [0.25, 0.3) is 22.3 Å². The number of nitrogens with one attached hydrogen (secondary N) is 2. The van der Waals surface area contributed by atoms with Gasteiger partial charge in [-0.3, -0.25) is 5.10 Å². The fourth-order valence-corrected chi connectivity index (χ4v) is 3.52. The maximum Gasteiger partial charge on any atom is 0.420 e. The van der Waals surface area contributed by atoms with Gasteiger partial charge in [-0.2, -0.15) is 18.3 Å². The zero-order valence-corrected chi connectivity index (χ0v) is 14.4. The van der Waals surface area contributed by atoms with Crippen molar-refractivity contribution in [1.29, 1.82) is 0 Å². The van der Waals surface area contributed by atoms with E-state index in [-0.39, 0.29) is 29.4 Å². The standard InChI is InChI=1S/C18H19F3N6/c19-18(20,21)13-9-23-17(24-11-5-3-4-10(22)8-11)25-16(13)15-12-6-1-2-7-14(12)26-27-15/h1-2,6-7,9-11H,3-5,8,22H2,(H,26,27)(H,23,24,25). The number of anilines is 1. The van der Waals surface area contributed by atoms with Gasteiger partial charge in [0.2, 0.25) is 5.95 Å². The van der Waals surface area contributed by atoms with Crippen LogP contribution in [0.4, 0.5) is 19.1 Å². The van der Waals surface area contributed by atoms with Crippen molar-refractivity contribution in [3.8, 4) is 11.4 Å². The SMILES string of the molecule is NC1CCCC(Nc2ncc(C(F)(F)F)c(-c3n[nH]c4ccccc34)n2)C1. The molecule has 0 radical (unpaired) electrons. The highest BCUT2D eigenvalue weighted by Crippen LogP contribution is 2.37. The molecule has 1 fully saturated rings. The van der Waals surface area contributed by atoms with Gasteiger partial charge in [0, 0.05) is 23.7 Å². The summed E-state index contributed by atoms with van der Waals surface area (Å²) in [4.78, 5) is 8.08. The van der Waals surface area contributed by atoms with Gasteiger partial charge in [0.15, 0.2) is 0 Å². The molecule has 2 aromatic heterocycles. The molecule has 0 aliphatic heterocycles. The average molecular weight is 376 g/mol. The first-order chi connectivity index (χ1) is 12.9. The van der Waals surface area contributed by atoms with E-state index in [0.717, 1.165) is 31.9 Å². The molecule has 1 saturated carbocycles. The van der Waals surface area contributed by atoms with Crippen LogP contribution < -0.4 is 11.1 Å². The number of hydrogen-bond acceptors (Lipinski definition) is 5. The number of alkyl halides is 3. The number of benzene rings is 1. The Balaban J connectivity index is 1.76. The van der Waals surface area contributed by atoms with Crippen molar-refractivity contribution in [3.05, 3.63) is 36.0 Å². The van der Waals surface area contributed by atoms with Crippen LogP contribution in [0.5, 0.6) is 0 Å². The summed E-state index contributed by atoms with van der Waals surface area (Å²) in [5, 5.41) is 10.5. The number of fused-ring (bicyclic) bond motifs is 1. The van der Waals surface area contributed by atoms with Crippen molar-refractivity contribution in [1.82, 2.24) is 20.2 Å². The summed E-state index contributed by atoms with van der Waals surface area (Å²) >= 11 is 0. The van der Waals surface area contributed by atoms with E-state index < -0.39 is 11.7 Å². The van der Waals surface area contributed by atoms with E-state index >= 15 is 0 Å². The highest BCUT2D eigenvalue weighted by atomic mass is 19.4. The number of hydrogen-bond donors (Lipinski definition) is 3. The summed E-state index contributed by atoms with van der Waals surface area (Å²) in [6, 6.07) is 7.13. The molecule has 0 bridgehead atoms. The van der Waals surface area contributed by atoms with Crippen molar-refractivity contribution in [2.75, 3.05) is 5.32 Å². The molecule has 1 aliphatic rings. The van der Waals surface area contributed by atoms with Crippen LogP contribution in [0.1, 0.15) is 31.2 Å². The zero-order chi connectivity index (χ0) is 19.0. The van der Waals surface area contributed by atoms with Crippen LogP contribution in [0.2, 0.25) is 0 Å². The maximum absolute atomic E-state index is 13.5. The Kier molecular flexibility index (Phi) is 4.47. The summed E-state index contributed by atoms with van der Waals surface area (Å²) in [5.41, 5.74) is 5.64. The molecule has 0 saturated heterocycles. The fraction of sp³-hybridized carbons (Fsp3) is 0.389. The molecule has 0 spiro atoms. The molecule has 142 valence electrons. The lowest BCUT2D eigenvalue weighted by Gasteiger charge is -2.27. The zero-order valence-electron chi connectivity index (χ0n) is 14.4. The number of rotatable bonds is 3. The monoisotopic (exact) mass is 376 g/mol. The molecule has 4 rings (SSSR count). The van der Waals surface area contributed by atoms with Gasteiger partial charge in [0.25, 0.3) is 0 Å². The predicted octanol–water partition coefficient (Wildman–Crippen LogP) is 3.72. The van der Waals surface area contributed by atoms with Crippen LogP contribution in [0.3, 0.4) is 0 Å². The number of halogens is 3. The summed E-state index contributed by atoms with van der Waals surface area (Å²) in [7, 11) is 0. The van der Waals surface area contributed by atoms with Gasteiger partial charge < -0.3 is 11.1 Å².